The Morgan fingerprint density at radius 2 is 1.83 bits per heavy atom. The highest BCUT2D eigenvalue weighted by atomic mass is 35.5. The second-order valence-corrected chi connectivity index (χ2v) is 9.44. The van der Waals surface area contributed by atoms with E-state index in [2.05, 4.69) is 9.88 Å². The third-order valence-corrected chi connectivity index (χ3v) is 7.55. The quantitative estimate of drug-likeness (QED) is 0.648. The number of benzene rings is 1. The Balaban J connectivity index is 1.42. The summed E-state index contributed by atoms with van der Waals surface area (Å²) in [4.78, 5) is 23.0. The normalized spacial score (nSPS) is 19.3. The topological polar surface area (TPSA) is 36.4 Å². The fourth-order valence-electron chi connectivity index (χ4n) is 4.39. The van der Waals surface area contributed by atoms with Crippen LogP contribution in [0.25, 0.3) is 10.6 Å². The fourth-order valence-corrected chi connectivity index (χ4v) is 5.60. The number of likely N-dealkylation sites (tertiary alicyclic amines) is 2. The Kier molecular flexibility index (Phi) is 6.52. The van der Waals surface area contributed by atoms with Crippen LogP contribution in [-0.4, -0.2) is 52.9 Å². The number of hydrogen-bond donors (Lipinski definition) is 0. The van der Waals surface area contributed by atoms with Gasteiger partial charge in [0.1, 0.15) is 15.7 Å². The molecule has 1 aromatic carbocycles. The summed E-state index contributed by atoms with van der Waals surface area (Å²) >= 11 is 7.27. The molecule has 0 unspecified atom stereocenters. The second kappa shape index (κ2) is 9.11. The molecule has 1 amide bonds. The smallest absolute Gasteiger partial charge is 0.265 e. The molecule has 7 heteroatoms. The van der Waals surface area contributed by atoms with Gasteiger partial charge in [-0.15, -0.1) is 11.3 Å². The molecule has 2 fully saturated rings. The zero-order valence-electron chi connectivity index (χ0n) is 16.8. The van der Waals surface area contributed by atoms with Crippen molar-refractivity contribution in [3.05, 3.63) is 39.6 Å². The zero-order chi connectivity index (χ0) is 20.4. The van der Waals surface area contributed by atoms with Crippen LogP contribution in [0.5, 0.6) is 0 Å². The maximum Gasteiger partial charge on any atom is 0.265 e. The minimum atomic E-state index is -0.452. The average molecular weight is 436 g/mol. The number of amides is 1. The molecule has 2 aliphatic rings. The van der Waals surface area contributed by atoms with Gasteiger partial charge in [-0.2, -0.15) is 0 Å². The molecule has 0 spiro atoms. The van der Waals surface area contributed by atoms with Crippen molar-refractivity contribution < 1.29 is 9.18 Å². The lowest BCUT2D eigenvalue weighted by molar-refractivity contribution is 0.0626. The number of thiazole rings is 1. The number of piperidine rings is 1. The van der Waals surface area contributed by atoms with Crippen LogP contribution in [0.15, 0.2) is 18.2 Å². The van der Waals surface area contributed by atoms with Crippen LogP contribution >= 0.6 is 22.9 Å². The number of aryl methyl sites for hydroxylation is 1. The third-order valence-electron chi connectivity index (χ3n) is 6.07. The Labute approximate surface area is 180 Å². The molecule has 1 aromatic heterocycles. The third kappa shape index (κ3) is 4.65. The van der Waals surface area contributed by atoms with E-state index < -0.39 is 5.82 Å². The highest BCUT2D eigenvalue weighted by Crippen LogP contribution is 2.32. The van der Waals surface area contributed by atoms with Crippen molar-refractivity contribution in [1.29, 1.82) is 0 Å². The summed E-state index contributed by atoms with van der Waals surface area (Å²) in [6.07, 6.45) is 7.39. The summed E-state index contributed by atoms with van der Waals surface area (Å²) in [5.41, 5.74) is 1.47. The molecule has 0 aliphatic carbocycles. The lowest BCUT2D eigenvalue weighted by atomic mass is 10.0. The van der Waals surface area contributed by atoms with E-state index in [0.717, 1.165) is 37.2 Å². The van der Waals surface area contributed by atoms with Gasteiger partial charge in [-0.3, -0.25) is 4.79 Å². The van der Waals surface area contributed by atoms with Crippen LogP contribution in [0.4, 0.5) is 4.39 Å². The Morgan fingerprint density at radius 3 is 2.48 bits per heavy atom. The number of carbonyl (C=O) groups is 1. The van der Waals surface area contributed by atoms with E-state index in [1.165, 1.54) is 56.2 Å². The van der Waals surface area contributed by atoms with Crippen molar-refractivity contribution in [3.63, 3.8) is 0 Å². The number of rotatable bonds is 3. The van der Waals surface area contributed by atoms with Crippen LogP contribution in [-0.2, 0) is 0 Å². The van der Waals surface area contributed by atoms with Gasteiger partial charge in [0.15, 0.2) is 0 Å². The van der Waals surface area contributed by atoms with Crippen molar-refractivity contribution in [2.45, 2.75) is 51.5 Å². The van der Waals surface area contributed by atoms with Gasteiger partial charge in [-0.25, -0.2) is 9.37 Å². The fraction of sp³-hybridized carbons (Fsp3) is 0.545. The summed E-state index contributed by atoms with van der Waals surface area (Å²) in [6.45, 7) is 5.87. The Morgan fingerprint density at radius 1 is 1.14 bits per heavy atom. The molecule has 2 aliphatic heterocycles. The van der Waals surface area contributed by atoms with E-state index in [1.807, 2.05) is 11.8 Å². The molecule has 0 bridgehead atoms. The van der Waals surface area contributed by atoms with Gasteiger partial charge in [-0.1, -0.05) is 24.4 Å². The van der Waals surface area contributed by atoms with Gasteiger partial charge >= 0.3 is 0 Å². The van der Waals surface area contributed by atoms with Crippen molar-refractivity contribution in [1.82, 2.24) is 14.8 Å². The summed E-state index contributed by atoms with van der Waals surface area (Å²) < 4.78 is 13.4. The average Bonchev–Trinajstić information content (AvgIpc) is 2.93. The van der Waals surface area contributed by atoms with Gasteiger partial charge < -0.3 is 9.80 Å². The molecule has 4 nitrogen and oxygen atoms in total. The molecule has 2 aromatic rings. The van der Waals surface area contributed by atoms with Crippen LogP contribution < -0.4 is 0 Å². The first-order valence-electron chi connectivity index (χ1n) is 10.5. The predicted octanol–water partition coefficient (Wildman–Crippen LogP) is 5.39. The van der Waals surface area contributed by atoms with E-state index in [0.29, 0.717) is 15.9 Å². The van der Waals surface area contributed by atoms with Gasteiger partial charge in [0, 0.05) is 24.7 Å². The van der Waals surface area contributed by atoms with Crippen molar-refractivity contribution in [2.75, 3.05) is 26.2 Å². The second-order valence-electron chi connectivity index (χ2n) is 8.04. The molecular weight excluding hydrogens is 409 g/mol. The molecule has 0 radical (unpaired) electrons. The highest BCUT2D eigenvalue weighted by Gasteiger charge is 2.29. The van der Waals surface area contributed by atoms with Gasteiger partial charge in [0.2, 0.25) is 0 Å². The monoisotopic (exact) mass is 435 g/mol. The van der Waals surface area contributed by atoms with E-state index >= 15 is 0 Å². The molecule has 3 heterocycles. The first kappa shape index (κ1) is 20.8. The number of aromatic nitrogens is 1. The van der Waals surface area contributed by atoms with Crippen LogP contribution in [0.2, 0.25) is 5.02 Å². The van der Waals surface area contributed by atoms with E-state index in [1.54, 1.807) is 12.1 Å². The standard InChI is InChI=1S/C22H27ClFN3OS/c1-15-20(29-21(25-15)16-6-7-19(24)18(23)14-16)22(28)27-12-8-17(9-13-27)26-10-4-2-3-5-11-26/h6-7,14,17H,2-5,8-13H2,1H3. The largest absolute Gasteiger partial charge is 0.338 e. The molecule has 0 atom stereocenters. The SMILES string of the molecule is Cc1nc(-c2ccc(F)c(Cl)c2)sc1C(=O)N1CCC(N2CCCCCC2)CC1. The molecule has 156 valence electrons. The van der Waals surface area contributed by atoms with Crippen molar-refractivity contribution in [2.24, 2.45) is 0 Å². The van der Waals surface area contributed by atoms with Gasteiger partial charge in [-0.05, 0) is 63.9 Å². The van der Waals surface area contributed by atoms with Crippen LogP contribution in [0.1, 0.15) is 53.9 Å². The molecule has 0 saturated carbocycles. The van der Waals surface area contributed by atoms with E-state index in [9.17, 15) is 9.18 Å². The van der Waals surface area contributed by atoms with Crippen LogP contribution in [0.3, 0.4) is 0 Å². The minimum absolute atomic E-state index is 0.0637. The van der Waals surface area contributed by atoms with Crippen LogP contribution in [0, 0.1) is 12.7 Å². The lowest BCUT2D eigenvalue weighted by Gasteiger charge is -2.38. The first-order valence-corrected chi connectivity index (χ1v) is 11.7. The summed E-state index contributed by atoms with van der Waals surface area (Å²) in [5.74, 6) is -0.388. The predicted molar refractivity (Wildman–Crippen MR) is 116 cm³/mol. The minimum Gasteiger partial charge on any atom is -0.338 e. The summed E-state index contributed by atoms with van der Waals surface area (Å²) in [7, 11) is 0. The van der Waals surface area contributed by atoms with Crippen molar-refractivity contribution >= 4 is 28.8 Å². The Bertz CT molecular complexity index is 871. The van der Waals surface area contributed by atoms with Crippen molar-refractivity contribution in [3.8, 4) is 10.6 Å². The number of hydrogen-bond acceptors (Lipinski definition) is 4. The molecular formula is C22H27ClFN3OS. The number of nitrogens with zero attached hydrogens (tertiary/aromatic N) is 3. The van der Waals surface area contributed by atoms with E-state index in [4.69, 9.17) is 11.6 Å². The Hall–Kier alpha value is -1.50. The zero-order valence-corrected chi connectivity index (χ0v) is 18.4. The molecule has 2 saturated heterocycles. The summed E-state index contributed by atoms with van der Waals surface area (Å²) in [5, 5.41) is 0.769. The molecule has 29 heavy (non-hydrogen) atoms. The van der Waals surface area contributed by atoms with Gasteiger partial charge in [0.25, 0.3) is 5.91 Å². The highest BCUT2D eigenvalue weighted by molar-refractivity contribution is 7.17. The summed E-state index contributed by atoms with van der Waals surface area (Å²) in [6, 6.07) is 5.16. The van der Waals surface area contributed by atoms with E-state index in [-0.39, 0.29) is 10.9 Å². The molecule has 0 N–H and O–H groups in total. The lowest BCUT2D eigenvalue weighted by Crippen LogP contribution is -2.47. The maximum atomic E-state index is 13.4. The number of carbonyl (C=O) groups excluding carboxylic acids is 1. The molecule has 4 rings (SSSR count). The number of halogens is 2. The first-order chi connectivity index (χ1) is 14.0. The van der Waals surface area contributed by atoms with Gasteiger partial charge in [0.05, 0.1) is 10.7 Å². The maximum absolute atomic E-state index is 13.4.